The second-order valence-electron chi connectivity index (χ2n) is 8.40. The van der Waals surface area contributed by atoms with E-state index in [1.165, 1.54) is 43.5 Å². The maximum absolute atomic E-state index is 11.3. The molecule has 160 valence electrons. The Bertz CT molecular complexity index is 684. The number of carbonyl (C=O) groups is 1. The van der Waals surface area contributed by atoms with Crippen molar-refractivity contribution in [1.82, 2.24) is 15.1 Å². The van der Waals surface area contributed by atoms with Crippen LogP contribution in [0, 0.1) is 5.92 Å². The summed E-state index contributed by atoms with van der Waals surface area (Å²) in [6, 6.07) is 8.70. The first-order chi connectivity index (χ1) is 14.2. The van der Waals surface area contributed by atoms with Crippen LogP contribution in [0.5, 0.6) is 0 Å². The Kier molecular flexibility index (Phi) is 8.35. The number of hydrogen-bond donors (Lipinski definition) is 2. The topological polar surface area (TPSA) is 74.0 Å². The molecule has 2 aliphatic rings. The molecule has 0 radical (unpaired) electrons. The van der Waals surface area contributed by atoms with Crippen LogP contribution in [0.4, 0.5) is 0 Å². The highest BCUT2D eigenvalue weighted by Gasteiger charge is 2.23. The zero-order valence-electron chi connectivity index (χ0n) is 17.9. The molecule has 0 saturated carbocycles. The predicted molar refractivity (Wildman–Crippen MR) is 118 cm³/mol. The molecule has 6 nitrogen and oxygen atoms in total. The Labute approximate surface area is 175 Å². The van der Waals surface area contributed by atoms with Crippen molar-refractivity contribution in [3.8, 4) is 0 Å². The van der Waals surface area contributed by atoms with E-state index in [2.05, 4.69) is 46.3 Å². The van der Waals surface area contributed by atoms with Gasteiger partial charge in [-0.25, -0.2) is 4.99 Å². The normalized spacial score (nSPS) is 21.2. The summed E-state index contributed by atoms with van der Waals surface area (Å²) in [5, 5.41) is 3.45. The zero-order valence-corrected chi connectivity index (χ0v) is 17.9. The van der Waals surface area contributed by atoms with Crippen molar-refractivity contribution in [2.75, 3.05) is 32.7 Å². The fraction of sp³-hybridized carbons (Fsp3) is 0.652. The SMILES string of the molecule is CCNC(=NCc1ccccc1CN1CCCCC1)N1CCCC(CC(N)=O)C1. The summed E-state index contributed by atoms with van der Waals surface area (Å²) in [4.78, 5) is 21.2. The highest BCUT2D eigenvalue weighted by atomic mass is 16.1. The number of nitrogens with zero attached hydrogens (tertiary/aromatic N) is 3. The van der Waals surface area contributed by atoms with Crippen molar-refractivity contribution < 1.29 is 4.79 Å². The van der Waals surface area contributed by atoms with Gasteiger partial charge >= 0.3 is 0 Å². The smallest absolute Gasteiger partial charge is 0.217 e. The van der Waals surface area contributed by atoms with E-state index < -0.39 is 0 Å². The first-order valence-electron chi connectivity index (χ1n) is 11.3. The number of nitrogens with two attached hydrogens (primary N) is 1. The molecule has 1 aromatic rings. The standard InChI is InChI=1S/C23H37N5O/c1-2-25-23(28-14-8-9-19(17-28)15-22(24)29)26-16-20-10-4-5-11-21(20)18-27-12-6-3-7-13-27/h4-5,10-11,19H,2-3,6-9,12-18H2,1H3,(H2,24,29)(H,25,26). The van der Waals surface area contributed by atoms with E-state index in [0.29, 0.717) is 18.9 Å². The van der Waals surface area contributed by atoms with Crippen LogP contribution in [0.25, 0.3) is 0 Å². The fourth-order valence-corrected chi connectivity index (χ4v) is 4.52. The number of primary amides is 1. The van der Waals surface area contributed by atoms with Gasteiger partial charge in [0.15, 0.2) is 5.96 Å². The van der Waals surface area contributed by atoms with Gasteiger partial charge in [-0.1, -0.05) is 30.7 Å². The maximum atomic E-state index is 11.3. The molecule has 1 aromatic carbocycles. The summed E-state index contributed by atoms with van der Waals surface area (Å²) >= 11 is 0. The molecule has 6 heteroatoms. The monoisotopic (exact) mass is 399 g/mol. The molecule has 2 saturated heterocycles. The molecule has 1 atom stereocenters. The minimum absolute atomic E-state index is 0.203. The van der Waals surface area contributed by atoms with Crippen LogP contribution < -0.4 is 11.1 Å². The second-order valence-corrected chi connectivity index (χ2v) is 8.40. The molecule has 3 rings (SSSR count). The number of rotatable bonds is 7. The van der Waals surface area contributed by atoms with Gasteiger partial charge in [0.05, 0.1) is 6.54 Å². The summed E-state index contributed by atoms with van der Waals surface area (Å²) in [5.74, 6) is 1.08. The van der Waals surface area contributed by atoms with E-state index >= 15 is 0 Å². The number of piperidine rings is 2. The Hall–Kier alpha value is -2.08. The lowest BCUT2D eigenvalue weighted by Gasteiger charge is -2.34. The zero-order chi connectivity index (χ0) is 20.5. The summed E-state index contributed by atoms with van der Waals surface area (Å²) in [7, 11) is 0. The summed E-state index contributed by atoms with van der Waals surface area (Å²) in [6.45, 7) is 8.89. The molecule has 0 aromatic heterocycles. The molecule has 29 heavy (non-hydrogen) atoms. The number of nitrogens with one attached hydrogen (secondary N) is 1. The van der Waals surface area contributed by atoms with E-state index in [4.69, 9.17) is 10.7 Å². The molecule has 2 fully saturated rings. The number of benzene rings is 1. The molecule has 1 amide bonds. The van der Waals surface area contributed by atoms with Gasteiger partial charge in [0.2, 0.25) is 5.91 Å². The molecule has 3 N–H and O–H groups in total. The first-order valence-corrected chi connectivity index (χ1v) is 11.3. The largest absolute Gasteiger partial charge is 0.370 e. The van der Waals surface area contributed by atoms with Gasteiger partial charge in [-0.15, -0.1) is 0 Å². The van der Waals surface area contributed by atoms with Gasteiger partial charge in [0, 0.05) is 32.6 Å². The lowest BCUT2D eigenvalue weighted by molar-refractivity contribution is -0.119. The minimum Gasteiger partial charge on any atom is -0.370 e. The quantitative estimate of drug-likeness (QED) is 0.546. The van der Waals surface area contributed by atoms with E-state index in [-0.39, 0.29) is 5.91 Å². The Balaban J connectivity index is 1.67. The Morgan fingerprint density at radius 1 is 1.14 bits per heavy atom. The third kappa shape index (κ3) is 6.74. The third-order valence-corrected chi connectivity index (χ3v) is 6.00. The molecular formula is C23H37N5O. The van der Waals surface area contributed by atoms with Crippen LogP contribution >= 0.6 is 0 Å². The number of carbonyl (C=O) groups excluding carboxylic acids is 1. The Morgan fingerprint density at radius 2 is 1.90 bits per heavy atom. The van der Waals surface area contributed by atoms with E-state index in [9.17, 15) is 4.79 Å². The van der Waals surface area contributed by atoms with Gasteiger partial charge in [-0.2, -0.15) is 0 Å². The van der Waals surface area contributed by atoms with Gasteiger partial charge in [0.25, 0.3) is 0 Å². The van der Waals surface area contributed by atoms with Crippen LogP contribution in [-0.2, 0) is 17.9 Å². The van der Waals surface area contributed by atoms with Crippen LogP contribution in [0.3, 0.4) is 0 Å². The lowest BCUT2D eigenvalue weighted by atomic mass is 9.95. The van der Waals surface area contributed by atoms with Crippen molar-refractivity contribution in [2.24, 2.45) is 16.6 Å². The van der Waals surface area contributed by atoms with Crippen molar-refractivity contribution in [1.29, 1.82) is 0 Å². The average Bonchev–Trinajstić information content (AvgIpc) is 2.72. The predicted octanol–water partition coefficient (Wildman–Crippen LogP) is 2.73. The molecule has 0 aliphatic carbocycles. The van der Waals surface area contributed by atoms with Crippen LogP contribution in [0.2, 0.25) is 0 Å². The van der Waals surface area contributed by atoms with Crippen molar-refractivity contribution in [3.63, 3.8) is 0 Å². The van der Waals surface area contributed by atoms with Gasteiger partial charge in [0.1, 0.15) is 0 Å². The second kappa shape index (κ2) is 11.2. The van der Waals surface area contributed by atoms with Gasteiger partial charge in [-0.3, -0.25) is 9.69 Å². The summed E-state index contributed by atoms with van der Waals surface area (Å²) in [6.07, 6.45) is 6.60. The number of guanidine groups is 1. The molecule has 0 spiro atoms. The Morgan fingerprint density at radius 3 is 2.62 bits per heavy atom. The third-order valence-electron chi connectivity index (χ3n) is 6.00. The minimum atomic E-state index is -0.203. The highest BCUT2D eigenvalue weighted by molar-refractivity contribution is 5.80. The number of hydrogen-bond acceptors (Lipinski definition) is 3. The summed E-state index contributed by atoms with van der Waals surface area (Å²) < 4.78 is 0. The van der Waals surface area contributed by atoms with Crippen LogP contribution in [-0.4, -0.2) is 54.4 Å². The van der Waals surface area contributed by atoms with Crippen molar-refractivity contribution in [2.45, 2.75) is 58.5 Å². The van der Waals surface area contributed by atoms with Crippen molar-refractivity contribution >= 4 is 11.9 Å². The number of likely N-dealkylation sites (tertiary alicyclic amines) is 2. The van der Waals surface area contributed by atoms with E-state index in [0.717, 1.165) is 45.0 Å². The lowest BCUT2D eigenvalue weighted by Crippen LogP contribution is -2.47. The molecular weight excluding hydrogens is 362 g/mol. The van der Waals surface area contributed by atoms with Gasteiger partial charge in [-0.05, 0) is 62.7 Å². The highest BCUT2D eigenvalue weighted by Crippen LogP contribution is 2.20. The van der Waals surface area contributed by atoms with E-state index in [1.807, 2.05) is 0 Å². The first kappa shape index (κ1) is 21.6. The van der Waals surface area contributed by atoms with Crippen LogP contribution in [0.15, 0.2) is 29.3 Å². The molecule has 1 unspecified atom stereocenters. The fourth-order valence-electron chi connectivity index (χ4n) is 4.52. The van der Waals surface area contributed by atoms with Crippen molar-refractivity contribution in [3.05, 3.63) is 35.4 Å². The van der Waals surface area contributed by atoms with Gasteiger partial charge < -0.3 is 16.0 Å². The maximum Gasteiger partial charge on any atom is 0.217 e. The number of aliphatic imine (C=N–C) groups is 1. The van der Waals surface area contributed by atoms with Crippen LogP contribution in [0.1, 0.15) is 56.6 Å². The molecule has 0 bridgehead atoms. The number of amides is 1. The average molecular weight is 400 g/mol. The molecule has 2 heterocycles. The van der Waals surface area contributed by atoms with E-state index in [1.54, 1.807) is 0 Å². The molecule has 2 aliphatic heterocycles. The summed E-state index contributed by atoms with van der Waals surface area (Å²) in [5.41, 5.74) is 8.12.